The van der Waals surface area contributed by atoms with Crippen molar-refractivity contribution in [2.75, 3.05) is 6.54 Å². The topological polar surface area (TPSA) is 12.0 Å². The van der Waals surface area contributed by atoms with Crippen LogP contribution in [-0.4, -0.2) is 6.54 Å². The van der Waals surface area contributed by atoms with Crippen molar-refractivity contribution in [2.45, 2.75) is 40.7 Å². The highest BCUT2D eigenvalue weighted by atomic mass is 79.9. The van der Waals surface area contributed by atoms with E-state index in [4.69, 9.17) is 0 Å². The van der Waals surface area contributed by atoms with Crippen LogP contribution in [0.2, 0.25) is 0 Å². The third-order valence-corrected chi connectivity index (χ3v) is 4.64. The van der Waals surface area contributed by atoms with Gasteiger partial charge in [-0.2, -0.15) is 0 Å². The molecular weight excluding hydrogens is 270 g/mol. The molecule has 1 nitrogen and oxygen atoms in total. The normalized spacial score (nSPS) is 14.3. The number of hydrogen-bond acceptors (Lipinski definition) is 2. The minimum absolute atomic E-state index is 0.257. The third-order valence-electron chi connectivity index (χ3n) is 2.44. The zero-order chi connectivity index (χ0) is 11.6. The van der Waals surface area contributed by atoms with Crippen molar-refractivity contribution >= 4 is 27.3 Å². The summed E-state index contributed by atoms with van der Waals surface area (Å²) in [4.78, 5) is 2.78. The SMILES string of the molecule is CCNC(c1cc(Br)c(C)s1)C(C)(C)C. The lowest BCUT2D eigenvalue weighted by molar-refractivity contribution is 0.280. The molecule has 0 aromatic carbocycles. The molecule has 0 aliphatic heterocycles. The second kappa shape index (κ2) is 4.98. The molecule has 0 bridgehead atoms. The van der Waals surface area contributed by atoms with E-state index in [1.807, 2.05) is 11.3 Å². The van der Waals surface area contributed by atoms with Gasteiger partial charge in [0.2, 0.25) is 0 Å². The van der Waals surface area contributed by atoms with Gasteiger partial charge in [0, 0.05) is 20.3 Å². The van der Waals surface area contributed by atoms with Gasteiger partial charge in [0.15, 0.2) is 0 Å². The Morgan fingerprint density at radius 2 is 2.07 bits per heavy atom. The molecule has 86 valence electrons. The highest BCUT2D eigenvalue weighted by Crippen LogP contribution is 2.39. The molecule has 1 aromatic heterocycles. The van der Waals surface area contributed by atoms with E-state index in [-0.39, 0.29) is 5.41 Å². The maximum absolute atomic E-state index is 3.58. The predicted molar refractivity (Wildman–Crippen MR) is 72.6 cm³/mol. The molecule has 1 atom stereocenters. The molecule has 1 heterocycles. The largest absolute Gasteiger partial charge is 0.309 e. The summed E-state index contributed by atoms with van der Waals surface area (Å²) in [6.45, 7) is 12.2. The van der Waals surface area contributed by atoms with Crippen LogP contribution in [0.25, 0.3) is 0 Å². The Balaban J connectivity index is 2.99. The van der Waals surface area contributed by atoms with Gasteiger partial charge in [0.25, 0.3) is 0 Å². The Morgan fingerprint density at radius 3 is 2.40 bits per heavy atom. The first-order valence-corrected chi connectivity index (χ1v) is 6.96. The summed E-state index contributed by atoms with van der Waals surface area (Å²) in [6, 6.07) is 2.69. The van der Waals surface area contributed by atoms with Crippen molar-refractivity contribution in [3.8, 4) is 0 Å². The minimum atomic E-state index is 0.257. The van der Waals surface area contributed by atoms with Crippen LogP contribution < -0.4 is 5.32 Å². The standard InChI is InChI=1S/C12H20BrNS/c1-6-14-11(12(3,4)5)10-7-9(13)8(2)15-10/h7,11,14H,6H2,1-5H3. The van der Waals surface area contributed by atoms with Crippen molar-refractivity contribution in [1.82, 2.24) is 5.32 Å². The van der Waals surface area contributed by atoms with Crippen LogP contribution in [-0.2, 0) is 0 Å². The molecule has 0 saturated carbocycles. The molecular formula is C12H20BrNS. The Kier molecular flexibility index (Phi) is 4.38. The molecule has 0 fully saturated rings. The molecule has 1 unspecified atom stereocenters. The molecule has 1 aromatic rings. The van der Waals surface area contributed by atoms with Crippen molar-refractivity contribution < 1.29 is 0 Å². The van der Waals surface area contributed by atoms with E-state index in [2.05, 4.69) is 61.9 Å². The summed E-state index contributed by atoms with van der Waals surface area (Å²) in [5, 5.41) is 3.57. The van der Waals surface area contributed by atoms with Gasteiger partial charge in [-0.25, -0.2) is 0 Å². The molecule has 0 saturated heterocycles. The molecule has 0 radical (unpaired) electrons. The van der Waals surface area contributed by atoms with E-state index < -0.39 is 0 Å². The van der Waals surface area contributed by atoms with Crippen LogP contribution in [0.3, 0.4) is 0 Å². The van der Waals surface area contributed by atoms with Crippen LogP contribution in [0.15, 0.2) is 10.5 Å². The van der Waals surface area contributed by atoms with Crippen LogP contribution in [0.1, 0.15) is 43.5 Å². The Morgan fingerprint density at radius 1 is 1.47 bits per heavy atom. The zero-order valence-corrected chi connectivity index (χ0v) is 12.6. The van der Waals surface area contributed by atoms with E-state index in [1.54, 1.807) is 0 Å². The fourth-order valence-corrected chi connectivity index (χ4v) is 3.54. The minimum Gasteiger partial charge on any atom is -0.309 e. The summed E-state index contributed by atoms with van der Waals surface area (Å²) in [5.41, 5.74) is 0.257. The first-order valence-electron chi connectivity index (χ1n) is 5.35. The lowest BCUT2D eigenvalue weighted by Crippen LogP contribution is -2.31. The molecule has 0 aliphatic rings. The second-order valence-corrected chi connectivity index (χ2v) is 7.05. The molecule has 1 N–H and O–H groups in total. The summed E-state index contributed by atoms with van der Waals surface area (Å²) in [5.74, 6) is 0. The van der Waals surface area contributed by atoms with Gasteiger partial charge in [-0.3, -0.25) is 0 Å². The van der Waals surface area contributed by atoms with Gasteiger partial charge < -0.3 is 5.32 Å². The maximum Gasteiger partial charge on any atom is 0.0464 e. The Labute approximate surface area is 105 Å². The third kappa shape index (κ3) is 3.30. The van der Waals surface area contributed by atoms with Crippen molar-refractivity contribution in [3.05, 3.63) is 20.3 Å². The summed E-state index contributed by atoms with van der Waals surface area (Å²) >= 11 is 5.46. The number of halogens is 1. The zero-order valence-electron chi connectivity index (χ0n) is 10.1. The van der Waals surface area contributed by atoms with E-state index in [1.165, 1.54) is 14.2 Å². The highest BCUT2D eigenvalue weighted by molar-refractivity contribution is 9.10. The molecule has 1 rings (SSSR count). The first-order chi connectivity index (χ1) is 6.86. The molecule has 3 heteroatoms. The Hall–Kier alpha value is 0.140. The average Bonchev–Trinajstić information content (AvgIpc) is 2.40. The molecule has 0 spiro atoms. The van der Waals surface area contributed by atoms with E-state index in [0.717, 1.165) is 6.54 Å². The second-order valence-electron chi connectivity index (χ2n) is 4.91. The first kappa shape index (κ1) is 13.2. The lowest BCUT2D eigenvalue weighted by Gasteiger charge is -2.30. The number of aryl methyl sites for hydroxylation is 1. The molecule has 0 amide bonds. The van der Waals surface area contributed by atoms with Crippen LogP contribution >= 0.6 is 27.3 Å². The van der Waals surface area contributed by atoms with E-state index in [9.17, 15) is 0 Å². The van der Waals surface area contributed by atoms with Gasteiger partial charge in [0.05, 0.1) is 0 Å². The quantitative estimate of drug-likeness (QED) is 0.863. The Bertz CT molecular complexity index is 305. The van der Waals surface area contributed by atoms with Crippen molar-refractivity contribution in [2.24, 2.45) is 5.41 Å². The van der Waals surface area contributed by atoms with Crippen molar-refractivity contribution in [1.29, 1.82) is 0 Å². The van der Waals surface area contributed by atoms with Crippen LogP contribution in [0.5, 0.6) is 0 Å². The number of hydrogen-bond donors (Lipinski definition) is 1. The van der Waals surface area contributed by atoms with Crippen molar-refractivity contribution in [3.63, 3.8) is 0 Å². The molecule has 15 heavy (non-hydrogen) atoms. The lowest BCUT2D eigenvalue weighted by atomic mass is 9.86. The van der Waals surface area contributed by atoms with Gasteiger partial charge in [-0.1, -0.05) is 27.7 Å². The smallest absolute Gasteiger partial charge is 0.0464 e. The summed E-state index contributed by atoms with van der Waals surface area (Å²) < 4.78 is 1.23. The number of rotatable bonds is 3. The van der Waals surface area contributed by atoms with Gasteiger partial charge >= 0.3 is 0 Å². The van der Waals surface area contributed by atoms with Gasteiger partial charge in [-0.05, 0) is 40.9 Å². The fourth-order valence-electron chi connectivity index (χ4n) is 1.66. The predicted octanol–water partition coefficient (Wildman–Crippen LogP) is 4.52. The van der Waals surface area contributed by atoms with E-state index >= 15 is 0 Å². The monoisotopic (exact) mass is 289 g/mol. The van der Waals surface area contributed by atoms with Crippen LogP contribution in [0, 0.1) is 12.3 Å². The number of thiophene rings is 1. The average molecular weight is 290 g/mol. The van der Waals surface area contributed by atoms with E-state index in [0.29, 0.717) is 6.04 Å². The summed E-state index contributed by atoms with van der Waals surface area (Å²) in [7, 11) is 0. The summed E-state index contributed by atoms with van der Waals surface area (Å²) in [6.07, 6.45) is 0. The highest BCUT2D eigenvalue weighted by Gasteiger charge is 2.27. The maximum atomic E-state index is 3.58. The van der Waals surface area contributed by atoms with Crippen LogP contribution in [0.4, 0.5) is 0 Å². The molecule has 0 aliphatic carbocycles. The number of nitrogens with one attached hydrogen (secondary N) is 1. The fraction of sp³-hybridized carbons (Fsp3) is 0.667. The van der Waals surface area contributed by atoms with Gasteiger partial charge in [0.1, 0.15) is 0 Å². The van der Waals surface area contributed by atoms with Gasteiger partial charge in [-0.15, -0.1) is 11.3 Å².